The number of sulfone groups is 1. The third-order valence-corrected chi connectivity index (χ3v) is 6.55. The van der Waals surface area contributed by atoms with Crippen LogP contribution in [0.25, 0.3) is 0 Å². The minimum absolute atomic E-state index is 0.355. The number of nitrogens with zero attached hydrogens (tertiary/aromatic N) is 1. The van der Waals surface area contributed by atoms with Crippen molar-refractivity contribution in [2.75, 3.05) is 19.8 Å². The maximum absolute atomic E-state index is 11.5. The van der Waals surface area contributed by atoms with Gasteiger partial charge in [-0.1, -0.05) is 50.2 Å². The number of hydrogen-bond donors (Lipinski definition) is 2. The summed E-state index contributed by atoms with van der Waals surface area (Å²) in [6, 6.07) is 16.4. The van der Waals surface area contributed by atoms with Crippen molar-refractivity contribution in [3.63, 3.8) is 0 Å². The van der Waals surface area contributed by atoms with E-state index in [0.29, 0.717) is 22.8 Å². The Labute approximate surface area is 174 Å². The van der Waals surface area contributed by atoms with Gasteiger partial charge in [-0.3, -0.25) is 4.99 Å². The largest absolute Gasteiger partial charge is 0.356 e. The average molecular weight is 414 g/mol. The summed E-state index contributed by atoms with van der Waals surface area (Å²) < 4.78 is 23.1. The van der Waals surface area contributed by atoms with Crippen molar-refractivity contribution in [2.45, 2.75) is 49.5 Å². The Hall–Kier alpha value is -2.34. The molecule has 0 saturated heterocycles. The number of rotatable bonds is 7. The van der Waals surface area contributed by atoms with Crippen LogP contribution in [0, 0.1) is 0 Å². The second-order valence-corrected chi connectivity index (χ2v) is 10.1. The molecule has 0 aliphatic heterocycles. The lowest BCUT2D eigenvalue weighted by Crippen LogP contribution is -2.39. The lowest BCUT2D eigenvalue weighted by atomic mass is 10.0. The minimum atomic E-state index is -3.14. The lowest BCUT2D eigenvalue weighted by Gasteiger charge is -2.12. The first kappa shape index (κ1) is 21.4. The van der Waals surface area contributed by atoms with Crippen molar-refractivity contribution in [3.05, 3.63) is 65.2 Å². The molecular formula is C23H31N3O2S. The molecule has 2 N–H and O–H groups in total. The second kappa shape index (κ2) is 8.99. The summed E-state index contributed by atoms with van der Waals surface area (Å²) in [5.74, 6) is 1.91. The molecule has 0 spiro atoms. The van der Waals surface area contributed by atoms with Crippen molar-refractivity contribution < 1.29 is 8.42 Å². The van der Waals surface area contributed by atoms with E-state index in [0.717, 1.165) is 30.9 Å². The molecule has 1 fully saturated rings. The van der Waals surface area contributed by atoms with Gasteiger partial charge >= 0.3 is 0 Å². The zero-order chi connectivity index (χ0) is 21.0. The predicted octanol–water partition coefficient (Wildman–Crippen LogP) is 3.48. The highest BCUT2D eigenvalue weighted by atomic mass is 32.2. The van der Waals surface area contributed by atoms with E-state index in [2.05, 4.69) is 53.7 Å². The molecule has 0 heterocycles. The molecule has 0 radical (unpaired) electrons. The molecular weight excluding hydrogens is 382 g/mol. The van der Waals surface area contributed by atoms with Gasteiger partial charge in [0.1, 0.15) is 0 Å². The van der Waals surface area contributed by atoms with E-state index in [4.69, 9.17) is 0 Å². The standard InChI is InChI=1S/C23H31N3O2S/c1-16(2)18-7-9-19(10-8-18)21-15-22(21)26-23(24-3)25-14-13-17-5-11-20(12-6-17)29(4,27)28/h5-12,16,21-22H,13-15H2,1-4H3,(H2,24,25,26). The Morgan fingerprint density at radius 3 is 2.31 bits per heavy atom. The fraction of sp³-hybridized carbons (Fsp3) is 0.435. The Bertz CT molecular complexity index is 949. The van der Waals surface area contributed by atoms with E-state index < -0.39 is 9.84 Å². The van der Waals surface area contributed by atoms with Crippen molar-refractivity contribution in [3.8, 4) is 0 Å². The van der Waals surface area contributed by atoms with Crippen LogP contribution in [0.5, 0.6) is 0 Å². The summed E-state index contributed by atoms with van der Waals surface area (Å²) >= 11 is 0. The van der Waals surface area contributed by atoms with E-state index in [-0.39, 0.29) is 0 Å². The van der Waals surface area contributed by atoms with Gasteiger partial charge in [0.2, 0.25) is 0 Å². The molecule has 156 valence electrons. The molecule has 1 saturated carbocycles. The van der Waals surface area contributed by atoms with Crippen LogP contribution in [0.3, 0.4) is 0 Å². The van der Waals surface area contributed by atoms with Crippen LogP contribution in [-0.4, -0.2) is 40.3 Å². The minimum Gasteiger partial charge on any atom is -0.356 e. The third kappa shape index (κ3) is 5.82. The van der Waals surface area contributed by atoms with E-state index in [9.17, 15) is 8.42 Å². The third-order valence-electron chi connectivity index (χ3n) is 5.43. The van der Waals surface area contributed by atoms with Crippen molar-refractivity contribution in [1.82, 2.24) is 10.6 Å². The summed E-state index contributed by atoms with van der Waals surface area (Å²) in [6.45, 7) is 5.16. The molecule has 3 rings (SSSR count). The number of hydrogen-bond acceptors (Lipinski definition) is 3. The zero-order valence-electron chi connectivity index (χ0n) is 17.6. The molecule has 6 heteroatoms. The first-order chi connectivity index (χ1) is 13.8. The Morgan fingerprint density at radius 1 is 1.10 bits per heavy atom. The quantitative estimate of drug-likeness (QED) is 0.539. The van der Waals surface area contributed by atoms with Crippen molar-refractivity contribution in [2.24, 2.45) is 4.99 Å². The van der Waals surface area contributed by atoms with E-state index in [1.54, 1.807) is 19.2 Å². The summed E-state index contributed by atoms with van der Waals surface area (Å²) in [5.41, 5.74) is 3.85. The fourth-order valence-corrected chi connectivity index (χ4v) is 4.08. The number of guanidine groups is 1. The normalized spacial score (nSPS) is 19.3. The summed E-state index contributed by atoms with van der Waals surface area (Å²) in [7, 11) is -1.36. The molecule has 0 aromatic heterocycles. The topological polar surface area (TPSA) is 70.6 Å². The summed E-state index contributed by atoms with van der Waals surface area (Å²) in [5, 5.41) is 6.85. The van der Waals surface area contributed by atoms with Crippen molar-refractivity contribution >= 4 is 15.8 Å². The summed E-state index contributed by atoms with van der Waals surface area (Å²) in [6.07, 6.45) is 3.15. The van der Waals surface area contributed by atoms with Gasteiger partial charge < -0.3 is 10.6 Å². The molecule has 1 aliphatic carbocycles. The Kier molecular flexibility index (Phi) is 6.63. The highest BCUT2D eigenvalue weighted by molar-refractivity contribution is 7.90. The number of benzene rings is 2. The Morgan fingerprint density at radius 2 is 1.76 bits per heavy atom. The van der Waals surface area contributed by atoms with Crippen LogP contribution >= 0.6 is 0 Å². The molecule has 2 atom stereocenters. The molecule has 0 amide bonds. The van der Waals surface area contributed by atoms with Gasteiger partial charge in [0, 0.05) is 31.8 Å². The van der Waals surface area contributed by atoms with E-state index >= 15 is 0 Å². The fourth-order valence-electron chi connectivity index (χ4n) is 3.45. The molecule has 5 nitrogen and oxygen atoms in total. The first-order valence-corrected chi connectivity index (χ1v) is 12.0. The number of aliphatic imine (C=N–C) groups is 1. The van der Waals surface area contributed by atoms with Crippen LogP contribution in [0.1, 0.15) is 48.8 Å². The van der Waals surface area contributed by atoms with Crippen LogP contribution in [0.4, 0.5) is 0 Å². The van der Waals surface area contributed by atoms with Crippen molar-refractivity contribution in [1.29, 1.82) is 0 Å². The first-order valence-electron chi connectivity index (χ1n) is 10.1. The monoisotopic (exact) mass is 413 g/mol. The van der Waals surface area contributed by atoms with Gasteiger partial charge in [-0.25, -0.2) is 8.42 Å². The van der Waals surface area contributed by atoms with Crippen LogP contribution in [-0.2, 0) is 16.3 Å². The smallest absolute Gasteiger partial charge is 0.191 e. The highest BCUT2D eigenvalue weighted by Crippen LogP contribution is 2.41. The number of nitrogens with one attached hydrogen (secondary N) is 2. The van der Waals surface area contributed by atoms with E-state index in [1.807, 2.05) is 12.1 Å². The van der Waals surface area contributed by atoms with E-state index in [1.165, 1.54) is 17.4 Å². The lowest BCUT2D eigenvalue weighted by molar-refractivity contribution is 0.602. The molecule has 2 aromatic carbocycles. The summed E-state index contributed by atoms with van der Waals surface area (Å²) in [4.78, 5) is 4.68. The van der Waals surface area contributed by atoms with Gasteiger partial charge in [0.25, 0.3) is 0 Å². The van der Waals surface area contributed by atoms with Gasteiger partial charge in [0.15, 0.2) is 15.8 Å². The Balaban J connectivity index is 1.46. The highest BCUT2D eigenvalue weighted by Gasteiger charge is 2.38. The average Bonchev–Trinajstić information content (AvgIpc) is 3.46. The maximum atomic E-state index is 11.5. The zero-order valence-corrected chi connectivity index (χ0v) is 18.5. The predicted molar refractivity (Wildman–Crippen MR) is 119 cm³/mol. The molecule has 29 heavy (non-hydrogen) atoms. The van der Waals surface area contributed by atoms with Gasteiger partial charge in [-0.05, 0) is 47.6 Å². The maximum Gasteiger partial charge on any atom is 0.191 e. The second-order valence-electron chi connectivity index (χ2n) is 8.08. The van der Waals surface area contributed by atoms with Crippen LogP contribution < -0.4 is 10.6 Å². The SMILES string of the molecule is CN=C(NCCc1ccc(S(C)(=O)=O)cc1)NC1CC1c1ccc(C(C)C)cc1. The molecule has 1 aliphatic rings. The van der Waals surface area contributed by atoms with Gasteiger partial charge in [-0.2, -0.15) is 0 Å². The van der Waals surface area contributed by atoms with Crippen LogP contribution in [0.2, 0.25) is 0 Å². The van der Waals surface area contributed by atoms with Gasteiger partial charge in [0.05, 0.1) is 4.90 Å². The molecule has 0 bridgehead atoms. The van der Waals surface area contributed by atoms with Gasteiger partial charge in [-0.15, -0.1) is 0 Å². The molecule has 2 unspecified atom stereocenters. The molecule has 2 aromatic rings. The van der Waals surface area contributed by atoms with Crippen LogP contribution in [0.15, 0.2) is 58.4 Å².